The third-order valence-corrected chi connectivity index (χ3v) is 7.75. The molecule has 1 saturated carbocycles. The molecule has 0 aromatic heterocycles. The van der Waals surface area contributed by atoms with Crippen molar-refractivity contribution in [3.63, 3.8) is 0 Å². The Morgan fingerprint density at radius 2 is 1.37 bits per heavy atom. The van der Waals surface area contributed by atoms with Gasteiger partial charge in [-0.2, -0.15) is 0 Å². The zero-order valence-electron chi connectivity index (χ0n) is 24.9. The Balaban J connectivity index is 1.78. The van der Waals surface area contributed by atoms with Crippen LogP contribution in [0, 0.1) is 39.5 Å². The summed E-state index contributed by atoms with van der Waals surface area (Å²) in [7, 11) is 0. The second kappa shape index (κ2) is 11.9. The number of rotatable bonds is 7. The molecule has 0 bridgehead atoms. The molecular weight excluding hydrogens is 516 g/mol. The number of aliphatic hydroxyl groups is 1. The Labute approximate surface area is 242 Å². The van der Waals surface area contributed by atoms with Crippen molar-refractivity contribution in [2.75, 3.05) is 10.6 Å². The average molecular weight is 557 g/mol. The molecule has 1 fully saturated rings. The van der Waals surface area contributed by atoms with Crippen LogP contribution in [0.3, 0.4) is 0 Å². The van der Waals surface area contributed by atoms with Crippen molar-refractivity contribution in [1.29, 1.82) is 0 Å². The third kappa shape index (κ3) is 6.68. The standard InChI is InChI=1S/C34H40N2O5/c1-19(2)41-25-12-10-24(11-13-25)29-30(32(38)35-26-14-8-20(3)16-22(26)5)28(37)18-34(7,40)31(29)33(39)36-27-15-9-21(4)17-23(27)6/h8-17,19,29-31,40H,18H2,1-7H3,(H,35,38)(H,36,39). The number of hydrogen-bond donors (Lipinski definition) is 3. The second-order valence-electron chi connectivity index (χ2n) is 11.8. The summed E-state index contributed by atoms with van der Waals surface area (Å²) in [6, 6.07) is 18.4. The number of ketones is 1. The highest BCUT2D eigenvalue weighted by atomic mass is 16.5. The van der Waals surface area contributed by atoms with Crippen molar-refractivity contribution in [2.45, 2.75) is 72.5 Å². The van der Waals surface area contributed by atoms with E-state index >= 15 is 0 Å². The largest absolute Gasteiger partial charge is 0.491 e. The number of carbonyl (C=O) groups excluding carboxylic acids is 3. The molecule has 1 aliphatic carbocycles. The van der Waals surface area contributed by atoms with Crippen LogP contribution in [0.15, 0.2) is 60.7 Å². The van der Waals surface area contributed by atoms with Crippen LogP contribution in [0.2, 0.25) is 0 Å². The molecule has 2 amide bonds. The van der Waals surface area contributed by atoms with Gasteiger partial charge in [-0.25, -0.2) is 0 Å². The molecule has 1 aliphatic rings. The number of carbonyl (C=O) groups is 3. The molecule has 3 aromatic carbocycles. The highest BCUT2D eigenvalue weighted by Crippen LogP contribution is 2.47. The average Bonchev–Trinajstić information content (AvgIpc) is 2.86. The Bertz CT molecular complexity index is 1460. The van der Waals surface area contributed by atoms with Crippen LogP contribution in [0.25, 0.3) is 0 Å². The Kier molecular flexibility index (Phi) is 8.69. The van der Waals surface area contributed by atoms with E-state index in [1.165, 1.54) is 6.92 Å². The lowest BCUT2D eigenvalue weighted by atomic mass is 9.61. The number of anilines is 2. The summed E-state index contributed by atoms with van der Waals surface area (Å²) in [4.78, 5) is 41.5. The van der Waals surface area contributed by atoms with E-state index in [1.54, 1.807) is 24.3 Å². The fourth-order valence-corrected chi connectivity index (χ4v) is 5.86. The van der Waals surface area contributed by atoms with Crippen LogP contribution >= 0.6 is 0 Å². The van der Waals surface area contributed by atoms with E-state index in [0.29, 0.717) is 22.7 Å². The van der Waals surface area contributed by atoms with E-state index in [1.807, 2.05) is 77.9 Å². The van der Waals surface area contributed by atoms with Gasteiger partial charge >= 0.3 is 0 Å². The molecule has 3 N–H and O–H groups in total. The van der Waals surface area contributed by atoms with Gasteiger partial charge in [0, 0.05) is 23.7 Å². The molecule has 0 saturated heterocycles. The van der Waals surface area contributed by atoms with Crippen molar-refractivity contribution in [3.05, 3.63) is 88.5 Å². The monoisotopic (exact) mass is 556 g/mol. The summed E-state index contributed by atoms with van der Waals surface area (Å²) >= 11 is 0. The molecule has 0 heterocycles. The lowest BCUT2D eigenvalue weighted by molar-refractivity contribution is -0.150. The molecule has 4 rings (SSSR count). The number of benzene rings is 3. The number of hydrogen-bond acceptors (Lipinski definition) is 5. The van der Waals surface area contributed by atoms with E-state index < -0.39 is 41.0 Å². The zero-order chi connectivity index (χ0) is 30.1. The van der Waals surface area contributed by atoms with E-state index in [2.05, 4.69) is 10.6 Å². The molecular formula is C34H40N2O5. The van der Waals surface area contributed by atoms with Gasteiger partial charge in [0.15, 0.2) is 0 Å². The van der Waals surface area contributed by atoms with Gasteiger partial charge in [0.1, 0.15) is 17.5 Å². The van der Waals surface area contributed by atoms with Gasteiger partial charge in [-0.15, -0.1) is 0 Å². The van der Waals surface area contributed by atoms with E-state index in [-0.39, 0.29) is 12.5 Å². The van der Waals surface area contributed by atoms with E-state index in [9.17, 15) is 19.5 Å². The SMILES string of the molecule is Cc1ccc(NC(=O)C2C(=O)CC(C)(O)C(C(=O)Nc3ccc(C)cc3C)C2c2ccc(OC(C)C)cc2)c(C)c1. The summed E-state index contributed by atoms with van der Waals surface area (Å²) < 4.78 is 5.80. The molecule has 7 nitrogen and oxygen atoms in total. The topological polar surface area (TPSA) is 105 Å². The predicted octanol–water partition coefficient (Wildman–Crippen LogP) is 6.02. The lowest BCUT2D eigenvalue weighted by Gasteiger charge is -2.44. The van der Waals surface area contributed by atoms with Gasteiger partial charge in [-0.05, 0) is 89.4 Å². The minimum atomic E-state index is -1.69. The Morgan fingerprint density at radius 3 is 1.85 bits per heavy atom. The molecule has 0 aliphatic heterocycles. The fraction of sp³-hybridized carbons (Fsp3) is 0.382. The van der Waals surface area contributed by atoms with Gasteiger partial charge in [0.25, 0.3) is 0 Å². The van der Waals surface area contributed by atoms with Crippen molar-refractivity contribution in [3.8, 4) is 5.75 Å². The van der Waals surface area contributed by atoms with Crippen molar-refractivity contribution >= 4 is 29.0 Å². The molecule has 4 atom stereocenters. The van der Waals surface area contributed by atoms with Crippen LogP contribution in [-0.2, 0) is 14.4 Å². The Hall–Kier alpha value is -3.97. The molecule has 7 heteroatoms. The first-order valence-corrected chi connectivity index (χ1v) is 14.0. The zero-order valence-corrected chi connectivity index (χ0v) is 24.9. The van der Waals surface area contributed by atoms with Gasteiger partial charge < -0.3 is 20.5 Å². The van der Waals surface area contributed by atoms with Crippen molar-refractivity contribution in [2.24, 2.45) is 11.8 Å². The van der Waals surface area contributed by atoms with Crippen LogP contribution in [-0.4, -0.2) is 34.4 Å². The van der Waals surface area contributed by atoms with Crippen molar-refractivity contribution < 1.29 is 24.2 Å². The Morgan fingerprint density at radius 1 is 0.854 bits per heavy atom. The lowest BCUT2D eigenvalue weighted by Crippen LogP contribution is -2.56. The minimum Gasteiger partial charge on any atom is -0.491 e. The van der Waals surface area contributed by atoms with Gasteiger partial charge in [-0.1, -0.05) is 47.5 Å². The smallest absolute Gasteiger partial charge is 0.235 e. The normalized spacial score (nSPS) is 22.4. The molecule has 41 heavy (non-hydrogen) atoms. The number of nitrogens with one attached hydrogen (secondary N) is 2. The van der Waals surface area contributed by atoms with Gasteiger partial charge in [0.05, 0.1) is 17.6 Å². The maximum absolute atomic E-state index is 14.0. The number of amides is 2. The highest BCUT2D eigenvalue weighted by Gasteiger charge is 2.56. The van der Waals surface area contributed by atoms with Gasteiger partial charge in [0.2, 0.25) is 11.8 Å². The van der Waals surface area contributed by atoms with Crippen LogP contribution < -0.4 is 15.4 Å². The van der Waals surface area contributed by atoms with Crippen molar-refractivity contribution in [1.82, 2.24) is 0 Å². The molecule has 216 valence electrons. The third-order valence-electron chi connectivity index (χ3n) is 7.75. The molecule has 0 radical (unpaired) electrons. The predicted molar refractivity (Wildman–Crippen MR) is 161 cm³/mol. The minimum absolute atomic E-state index is 0.0367. The van der Waals surface area contributed by atoms with Crippen LogP contribution in [0.5, 0.6) is 5.75 Å². The summed E-state index contributed by atoms with van der Waals surface area (Å²) in [6.45, 7) is 13.1. The molecule has 4 unspecified atom stereocenters. The van der Waals surface area contributed by atoms with Crippen LogP contribution in [0.4, 0.5) is 11.4 Å². The quantitative estimate of drug-likeness (QED) is 0.309. The fourth-order valence-electron chi connectivity index (χ4n) is 5.86. The first-order chi connectivity index (χ1) is 19.3. The first kappa shape index (κ1) is 30.0. The summed E-state index contributed by atoms with van der Waals surface area (Å²) in [5.41, 5.74) is 3.97. The molecule has 0 spiro atoms. The number of Topliss-reactive ketones (excluding diaryl/α,β-unsaturated/α-hetero) is 1. The van der Waals surface area contributed by atoms with E-state index in [4.69, 9.17) is 4.74 Å². The maximum Gasteiger partial charge on any atom is 0.235 e. The highest BCUT2D eigenvalue weighted by molar-refractivity contribution is 6.10. The van der Waals surface area contributed by atoms with Gasteiger partial charge in [-0.3, -0.25) is 14.4 Å². The number of aryl methyl sites for hydroxylation is 4. The second-order valence-corrected chi connectivity index (χ2v) is 11.8. The number of ether oxygens (including phenoxy) is 1. The first-order valence-electron chi connectivity index (χ1n) is 14.0. The maximum atomic E-state index is 14.0. The van der Waals surface area contributed by atoms with Crippen LogP contribution in [0.1, 0.15) is 60.9 Å². The summed E-state index contributed by atoms with van der Waals surface area (Å²) in [5, 5.41) is 17.5. The summed E-state index contributed by atoms with van der Waals surface area (Å²) in [5.74, 6) is -3.95. The molecule has 3 aromatic rings. The van der Waals surface area contributed by atoms with E-state index in [0.717, 1.165) is 22.3 Å². The summed E-state index contributed by atoms with van der Waals surface area (Å²) in [6.07, 6.45) is -0.362.